The van der Waals surface area contributed by atoms with Gasteiger partial charge in [-0.15, -0.1) is 0 Å². The Morgan fingerprint density at radius 3 is 2.51 bits per heavy atom. The number of carbonyl (C=O) groups is 2. The second-order valence-corrected chi connectivity index (χ2v) is 10.6. The molecule has 0 radical (unpaired) electrons. The van der Waals surface area contributed by atoms with Crippen molar-refractivity contribution in [3.05, 3.63) is 78.0 Å². The molecule has 206 valence electrons. The lowest BCUT2D eigenvalue weighted by Crippen LogP contribution is -2.46. The summed E-state index contributed by atoms with van der Waals surface area (Å²) in [6.45, 7) is 1.49. The summed E-state index contributed by atoms with van der Waals surface area (Å²) in [7, 11) is 0. The number of halogens is 1. The van der Waals surface area contributed by atoms with E-state index in [0.29, 0.717) is 46.6 Å². The number of ketones is 1. The summed E-state index contributed by atoms with van der Waals surface area (Å²) in [4.78, 5) is 41.5. The molecule has 5 aromatic rings. The van der Waals surface area contributed by atoms with E-state index < -0.39 is 0 Å². The number of anilines is 1. The van der Waals surface area contributed by atoms with Gasteiger partial charge in [0, 0.05) is 40.9 Å². The molecule has 1 aromatic carbocycles. The predicted molar refractivity (Wildman–Crippen MR) is 147 cm³/mol. The van der Waals surface area contributed by atoms with Gasteiger partial charge in [-0.2, -0.15) is 14.7 Å². The number of nitrogens with two attached hydrogens (primary N) is 1. The summed E-state index contributed by atoms with van der Waals surface area (Å²) < 4.78 is 15.2. The van der Waals surface area contributed by atoms with Crippen LogP contribution >= 0.6 is 0 Å². The fraction of sp³-hybridized carbons (Fsp3) is 0.276. The smallest absolute Gasteiger partial charge is 0.291 e. The SMILES string of the molecule is CC(=O)c1c(C2C[C@H]3CC[C@@H](C2)N3C(=O)c2ncn[nH]2)nc2c(-c3ccc(-c4cccc(F)c4)nc3)cnn2c1N. The molecule has 2 aliphatic heterocycles. The van der Waals surface area contributed by atoms with Crippen LogP contribution in [0.2, 0.25) is 0 Å². The number of carbonyl (C=O) groups excluding carboxylic acids is 2. The number of aromatic amines is 1. The molecule has 3 atom stereocenters. The third kappa shape index (κ3) is 4.14. The monoisotopic (exact) mass is 551 g/mol. The van der Waals surface area contributed by atoms with Crippen LogP contribution in [0.25, 0.3) is 28.0 Å². The van der Waals surface area contributed by atoms with Crippen LogP contribution in [0.5, 0.6) is 0 Å². The van der Waals surface area contributed by atoms with Crippen molar-refractivity contribution in [2.45, 2.75) is 50.6 Å². The average molecular weight is 552 g/mol. The standard InChI is InChI=1S/C29H26FN9O2/c1-15(40)24-25(18-10-20-6-7-21(11-18)38(20)29(41)27-33-14-34-37-27)36-28-22(13-35-39(28)26(24)31)17-5-8-23(32-12-17)16-3-2-4-19(30)9-16/h2-5,8-9,12-14,18,20-21H,6-7,10-11,31H2,1H3,(H,33,34,37)/t18?,20-,21+. The van der Waals surface area contributed by atoms with Gasteiger partial charge in [0.1, 0.15) is 18.0 Å². The van der Waals surface area contributed by atoms with E-state index >= 15 is 0 Å². The zero-order valence-corrected chi connectivity index (χ0v) is 22.2. The third-order valence-electron chi connectivity index (χ3n) is 8.23. The molecule has 41 heavy (non-hydrogen) atoms. The lowest BCUT2D eigenvalue weighted by Gasteiger charge is -2.38. The number of nitrogen functional groups attached to an aromatic ring is 1. The number of hydrogen-bond donors (Lipinski definition) is 2. The van der Waals surface area contributed by atoms with Crippen LogP contribution in [0.1, 0.15) is 65.2 Å². The molecular formula is C29H26FN9O2. The summed E-state index contributed by atoms with van der Waals surface area (Å²) in [5.41, 5.74) is 10.9. The van der Waals surface area contributed by atoms with E-state index in [1.807, 2.05) is 17.0 Å². The van der Waals surface area contributed by atoms with E-state index in [4.69, 9.17) is 10.7 Å². The molecule has 0 saturated carbocycles. The third-order valence-corrected chi connectivity index (χ3v) is 8.23. The minimum atomic E-state index is -0.328. The lowest BCUT2D eigenvalue weighted by atomic mass is 9.85. The Morgan fingerprint density at radius 2 is 1.85 bits per heavy atom. The number of amides is 1. The maximum absolute atomic E-state index is 13.7. The van der Waals surface area contributed by atoms with Crippen molar-refractivity contribution in [1.29, 1.82) is 0 Å². The maximum Gasteiger partial charge on any atom is 0.291 e. The van der Waals surface area contributed by atoms with Crippen LogP contribution in [-0.4, -0.2) is 63.4 Å². The first kappa shape index (κ1) is 25.0. The Bertz CT molecular complexity index is 1790. The number of hydrogen-bond acceptors (Lipinski definition) is 8. The zero-order valence-electron chi connectivity index (χ0n) is 22.2. The van der Waals surface area contributed by atoms with Crippen LogP contribution < -0.4 is 5.73 Å². The highest BCUT2D eigenvalue weighted by atomic mass is 19.1. The molecule has 11 nitrogen and oxygen atoms in total. The molecule has 6 heterocycles. The van der Waals surface area contributed by atoms with Gasteiger partial charge < -0.3 is 10.6 Å². The number of fused-ring (bicyclic) bond motifs is 3. The molecule has 0 spiro atoms. The van der Waals surface area contributed by atoms with Crippen molar-refractivity contribution in [3.63, 3.8) is 0 Å². The highest BCUT2D eigenvalue weighted by Crippen LogP contribution is 2.45. The molecule has 1 amide bonds. The van der Waals surface area contributed by atoms with Crippen molar-refractivity contribution in [2.75, 3.05) is 5.73 Å². The fourth-order valence-electron chi connectivity index (χ4n) is 6.43. The molecule has 7 rings (SSSR count). The van der Waals surface area contributed by atoms with Crippen LogP contribution in [0.4, 0.5) is 10.2 Å². The largest absolute Gasteiger partial charge is 0.383 e. The second-order valence-electron chi connectivity index (χ2n) is 10.6. The van der Waals surface area contributed by atoms with E-state index in [1.165, 1.54) is 29.9 Å². The van der Waals surface area contributed by atoms with Crippen LogP contribution in [0.15, 0.2) is 55.1 Å². The summed E-state index contributed by atoms with van der Waals surface area (Å²) in [6, 6.07) is 9.98. The molecular weight excluding hydrogens is 525 g/mol. The quantitative estimate of drug-likeness (QED) is 0.311. The lowest BCUT2D eigenvalue weighted by molar-refractivity contribution is 0.0556. The Hall–Kier alpha value is -5.00. The topological polar surface area (TPSA) is 148 Å². The number of rotatable bonds is 5. The van der Waals surface area contributed by atoms with E-state index in [2.05, 4.69) is 25.3 Å². The van der Waals surface area contributed by atoms with Crippen molar-refractivity contribution in [2.24, 2.45) is 0 Å². The number of nitrogens with one attached hydrogen (secondary N) is 1. The van der Waals surface area contributed by atoms with Gasteiger partial charge in [0.2, 0.25) is 5.82 Å². The average Bonchev–Trinajstić information content (AvgIpc) is 3.71. The molecule has 0 aliphatic carbocycles. The summed E-state index contributed by atoms with van der Waals surface area (Å²) in [6.07, 6.45) is 7.75. The molecule has 2 bridgehead atoms. The molecule has 12 heteroatoms. The number of aromatic nitrogens is 7. The summed E-state index contributed by atoms with van der Waals surface area (Å²) in [5.74, 6) is -0.261. The molecule has 1 unspecified atom stereocenters. The van der Waals surface area contributed by atoms with Crippen molar-refractivity contribution >= 4 is 23.2 Å². The number of pyridine rings is 1. The fourth-order valence-corrected chi connectivity index (χ4v) is 6.43. The van der Waals surface area contributed by atoms with Gasteiger partial charge in [0.15, 0.2) is 11.4 Å². The minimum Gasteiger partial charge on any atom is -0.383 e. The molecule has 2 aliphatic rings. The number of H-pyrrole nitrogens is 1. The molecule has 3 N–H and O–H groups in total. The summed E-state index contributed by atoms with van der Waals surface area (Å²) in [5, 5.41) is 10.9. The van der Waals surface area contributed by atoms with Crippen molar-refractivity contribution in [1.82, 2.24) is 39.7 Å². The summed E-state index contributed by atoms with van der Waals surface area (Å²) >= 11 is 0. The Morgan fingerprint density at radius 1 is 1.05 bits per heavy atom. The van der Waals surface area contributed by atoms with Crippen LogP contribution in [0, 0.1) is 5.82 Å². The highest BCUT2D eigenvalue weighted by molar-refractivity contribution is 6.00. The van der Waals surface area contributed by atoms with E-state index in [-0.39, 0.29) is 47.2 Å². The normalized spacial score (nSPS) is 20.0. The first-order valence-corrected chi connectivity index (χ1v) is 13.5. The number of piperidine rings is 1. The van der Waals surface area contributed by atoms with Gasteiger partial charge in [-0.1, -0.05) is 18.2 Å². The van der Waals surface area contributed by atoms with Gasteiger partial charge >= 0.3 is 0 Å². The Kier molecular flexibility index (Phi) is 5.84. The van der Waals surface area contributed by atoms with Gasteiger partial charge in [0.25, 0.3) is 5.91 Å². The predicted octanol–water partition coefficient (Wildman–Crippen LogP) is 4.05. The van der Waals surface area contributed by atoms with Crippen molar-refractivity contribution in [3.8, 4) is 22.4 Å². The van der Waals surface area contributed by atoms with Gasteiger partial charge in [-0.3, -0.25) is 19.7 Å². The molecule has 2 saturated heterocycles. The highest BCUT2D eigenvalue weighted by Gasteiger charge is 2.45. The van der Waals surface area contributed by atoms with E-state index in [1.54, 1.807) is 24.5 Å². The first-order valence-electron chi connectivity index (χ1n) is 13.5. The number of benzene rings is 1. The Labute approximate surface area is 233 Å². The molecule has 4 aromatic heterocycles. The zero-order chi connectivity index (χ0) is 28.2. The minimum absolute atomic E-state index is 0.000595. The maximum atomic E-state index is 13.7. The van der Waals surface area contributed by atoms with E-state index in [9.17, 15) is 14.0 Å². The van der Waals surface area contributed by atoms with Gasteiger partial charge in [0.05, 0.1) is 23.1 Å². The number of nitrogens with zero attached hydrogens (tertiary/aromatic N) is 7. The van der Waals surface area contributed by atoms with Crippen LogP contribution in [-0.2, 0) is 0 Å². The van der Waals surface area contributed by atoms with Gasteiger partial charge in [-0.05, 0) is 50.8 Å². The Balaban J connectivity index is 1.25. The van der Waals surface area contributed by atoms with E-state index in [0.717, 1.165) is 18.4 Å². The van der Waals surface area contributed by atoms with Crippen molar-refractivity contribution < 1.29 is 14.0 Å². The van der Waals surface area contributed by atoms with Gasteiger partial charge in [-0.25, -0.2) is 14.4 Å². The number of Topliss-reactive ketones (excluding diaryl/α,β-unsaturated/α-hetero) is 1. The first-order chi connectivity index (χ1) is 19.9. The van der Waals surface area contributed by atoms with Crippen LogP contribution in [0.3, 0.4) is 0 Å². The second kappa shape index (κ2) is 9.58. The molecule has 2 fully saturated rings.